The van der Waals surface area contributed by atoms with Crippen LogP contribution in [0.2, 0.25) is 0 Å². The van der Waals surface area contributed by atoms with E-state index in [9.17, 15) is 8.42 Å². The summed E-state index contributed by atoms with van der Waals surface area (Å²) in [6.07, 6.45) is -0.111. The molecule has 0 heterocycles. The molecule has 0 aliphatic carbocycles. The number of nitrogens with two attached hydrogens (primary N) is 1. The van der Waals surface area contributed by atoms with E-state index in [0.29, 0.717) is 24.5 Å². The molecule has 0 saturated heterocycles. The van der Waals surface area contributed by atoms with E-state index < -0.39 is 10.0 Å². The lowest BCUT2D eigenvalue weighted by Crippen LogP contribution is -2.27. The summed E-state index contributed by atoms with van der Waals surface area (Å²) in [4.78, 5) is 0.163. The van der Waals surface area contributed by atoms with Gasteiger partial charge < -0.3 is 20.5 Å². The number of ether oxygens (including phenoxy) is 2. The molecule has 21 heavy (non-hydrogen) atoms. The van der Waals surface area contributed by atoms with Crippen molar-refractivity contribution in [3.05, 3.63) is 18.2 Å². The van der Waals surface area contributed by atoms with Crippen molar-refractivity contribution in [2.24, 2.45) is 0 Å². The van der Waals surface area contributed by atoms with Crippen molar-refractivity contribution in [1.82, 2.24) is 4.31 Å². The standard InChI is InChI=1S/C13H23N3O4S/c1-16(2)21(17,18)11-5-6-13(12(14)7-11)15-8-10(20-4)9-19-3/h5-7,10,15H,8-9,14H2,1-4H3. The van der Waals surface area contributed by atoms with Crippen LogP contribution in [0.3, 0.4) is 0 Å². The van der Waals surface area contributed by atoms with Crippen molar-refractivity contribution in [3.8, 4) is 0 Å². The van der Waals surface area contributed by atoms with Crippen molar-refractivity contribution >= 4 is 21.4 Å². The molecule has 0 aliphatic rings. The Hall–Kier alpha value is -1.35. The Morgan fingerprint density at radius 2 is 2.00 bits per heavy atom. The van der Waals surface area contributed by atoms with Crippen LogP contribution in [0.5, 0.6) is 0 Å². The van der Waals surface area contributed by atoms with Gasteiger partial charge in [-0.1, -0.05) is 0 Å². The molecule has 0 amide bonds. The lowest BCUT2D eigenvalue weighted by Gasteiger charge is -2.18. The quantitative estimate of drug-likeness (QED) is 0.682. The lowest BCUT2D eigenvalue weighted by molar-refractivity contribution is 0.0366. The van der Waals surface area contributed by atoms with E-state index in [-0.39, 0.29) is 11.0 Å². The summed E-state index contributed by atoms with van der Waals surface area (Å²) in [6, 6.07) is 4.60. The van der Waals surface area contributed by atoms with Crippen LogP contribution in [0.4, 0.5) is 11.4 Å². The largest absolute Gasteiger partial charge is 0.397 e. The fourth-order valence-electron chi connectivity index (χ4n) is 1.69. The summed E-state index contributed by atoms with van der Waals surface area (Å²) in [7, 11) is 2.67. The van der Waals surface area contributed by atoms with Crippen LogP contribution in [0, 0.1) is 0 Å². The zero-order valence-electron chi connectivity index (χ0n) is 12.8. The molecular weight excluding hydrogens is 294 g/mol. The van der Waals surface area contributed by atoms with E-state index in [1.54, 1.807) is 20.3 Å². The Morgan fingerprint density at radius 1 is 1.33 bits per heavy atom. The molecule has 1 aromatic rings. The molecular formula is C13H23N3O4S. The second-order valence-corrected chi connectivity index (χ2v) is 6.88. The highest BCUT2D eigenvalue weighted by molar-refractivity contribution is 7.89. The molecule has 3 N–H and O–H groups in total. The summed E-state index contributed by atoms with van der Waals surface area (Å²) < 4.78 is 35.4. The second-order valence-electron chi connectivity index (χ2n) is 4.73. The number of nitrogens with one attached hydrogen (secondary N) is 1. The SMILES string of the molecule is COCC(CNc1ccc(S(=O)(=O)N(C)C)cc1N)OC. The van der Waals surface area contributed by atoms with Gasteiger partial charge >= 0.3 is 0 Å². The van der Waals surface area contributed by atoms with Gasteiger partial charge in [0.2, 0.25) is 10.0 Å². The number of rotatable bonds is 8. The van der Waals surface area contributed by atoms with Gasteiger partial charge in [0.15, 0.2) is 0 Å². The third kappa shape index (κ3) is 4.57. The molecule has 8 heteroatoms. The summed E-state index contributed by atoms with van der Waals surface area (Å²) in [5.41, 5.74) is 6.93. The van der Waals surface area contributed by atoms with Gasteiger partial charge in [-0.2, -0.15) is 0 Å². The number of nitrogen functional groups attached to an aromatic ring is 1. The van der Waals surface area contributed by atoms with Gasteiger partial charge in [-0.3, -0.25) is 0 Å². The number of hydrogen-bond donors (Lipinski definition) is 2. The highest BCUT2D eigenvalue weighted by Crippen LogP contribution is 2.24. The molecule has 0 aliphatic heterocycles. The molecule has 0 aromatic heterocycles. The zero-order chi connectivity index (χ0) is 16.0. The molecule has 0 spiro atoms. The van der Waals surface area contributed by atoms with E-state index in [4.69, 9.17) is 15.2 Å². The predicted molar refractivity (Wildman–Crippen MR) is 82.9 cm³/mol. The maximum atomic E-state index is 12.0. The van der Waals surface area contributed by atoms with Crippen molar-refractivity contribution in [1.29, 1.82) is 0 Å². The van der Waals surface area contributed by atoms with Crippen LogP contribution >= 0.6 is 0 Å². The molecule has 7 nitrogen and oxygen atoms in total. The first kappa shape index (κ1) is 17.7. The normalized spacial score (nSPS) is 13.4. The predicted octanol–water partition coefficient (Wildman–Crippen LogP) is 0.592. The summed E-state index contributed by atoms with van der Waals surface area (Å²) in [6.45, 7) is 0.963. The Bertz CT molecular complexity index is 561. The fraction of sp³-hybridized carbons (Fsp3) is 0.538. The molecule has 1 atom stereocenters. The van der Waals surface area contributed by atoms with Gasteiger partial charge in [0.05, 0.1) is 29.0 Å². The number of hydrogen-bond acceptors (Lipinski definition) is 6. The third-order valence-electron chi connectivity index (χ3n) is 3.01. The zero-order valence-corrected chi connectivity index (χ0v) is 13.6. The average Bonchev–Trinajstić information content (AvgIpc) is 2.44. The summed E-state index contributed by atoms with van der Waals surface area (Å²) >= 11 is 0. The van der Waals surface area contributed by atoms with E-state index in [2.05, 4.69) is 5.32 Å². The van der Waals surface area contributed by atoms with Crippen LogP contribution in [-0.4, -0.2) is 60.3 Å². The maximum Gasteiger partial charge on any atom is 0.242 e. The topological polar surface area (TPSA) is 93.9 Å². The molecule has 0 radical (unpaired) electrons. The minimum atomic E-state index is -3.48. The van der Waals surface area contributed by atoms with Crippen LogP contribution in [-0.2, 0) is 19.5 Å². The van der Waals surface area contributed by atoms with E-state index >= 15 is 0 Å². The first-order valence-electron chi connectivity index (χ1n) is 6.40. The molecule has 1 aromatic carbocycles. The molecule has 1 rings (SSSR count). The average molecular weight is 317 g/mol. The Kier molecular flexibility index (Phi) is 6.41. The van der Waals surface area contributed by atoms with Gasteiger partial charge in [-0.25, -0.2) is 12.7 Å². The van der Waals surface area contributed by atoms with Crippen molar-refractivity contribution in [3.63, 3.8) is 0 Å². The van der Waals surface area contributed by atoms with Gasteiger partial charge in [0.25, 0.3) is 0 Å². The molecule has 120 valence electrons. The number of nitrogens with zero attached hydrogens (tertiary/aromatic N) is 1. The summed E-state index contributed by atoms with van der Waals surface area (Å²) in [5, 5.41) is 3.12. The highest BCUT2D eigenvalue weighted by Gasteiger charge is 2.18. The number of anilines is 2. The van der Waals surface area contributed by atoms with E-state index in [0.717, 1.165) is 4.31 Å². The highest BCUT2D eigenvalue weighted by atomic mass is 32.2. The maximum absolute atomic E-state index is 12.0. The first-order valence-corrected chi connectivity index (χ1v) is 7.84. The van der Waals surface area contributed by atoms with Crippen molar-refractivity contribution in [2.75, 3.05) is 52.5 Å². The lowest BCUT2D eigenvalue weighted by atomic mass is 10.2. The molecule has 0 bridgehead atoms. The first-order chi connectivity index (χ1) is 9.82. The molecule has 0 fully saturated rings. The Balaban J connectivity index is 2.84. The van der Waals surface area contributed by atoms with Crippen LogP contribution in [0.1, 0.15) is 0 Å². The van der Waals surface area contributed by atoms with Gasteiger partial charge in [0, 0.05) is 34.9 Å². The Labute approximate surface area is 126 Å². The van der Waals surface area contributed by atoms with Gasteiger partial charge in [0.1, 0.15) is 0 Å². The van der Waals surface area contributed by atoms with Gasteiger partial charge in [-0.05, 0) is 18.2 Å². The number of sulfonamides is 1. The fourth-order valence-corrected chi connectivity index (χ4v) is 2.63. The summed E-state index contributed by atoms with van der Waals surface area (Å²) in [5.74, 6) is 0. The van der Waals surface area contributed by atoms with Crippen LogP contribution in [0.15, 0.2) is 23.1 Å². The van der Waals surface area contributed by atoms with E-state index in [1.807, 2.05) is 0 Å². The molecule has 0 saturated carbocycles. The monoisotopic (exact) mass is 317 g/mol. The van der Waals surface area contributed by atoms with Crippen LogP contribution in [0.25, 0.3) is 0 Å². The third-order valence-corrected chi connectivity index (χ3v) is 4.82. The second kappa shape index (κ2) is 7.60. The Morgan fingerprint density at radius 3 is 2.48 bits per heavy atom. The number of benzene rings is 1. The minimum absolute atomic E-state index is 0.111. The smallest absolute Gasteiger partial charge is 0.242 e. The van der Waals surface area contributed by atoms with Crippen molar-refractivity contribution in [2.45, 2.75) is 11.0 Å². The molecule has 1 unspecified atom stereocenters. The van der Waals surface area contributed by atoms with Crippen LogP contribution < -0.4 is 11.1 Å². The van der Waals surface area contributed by atoms with Gasteiger partial charge in [-0.15, -0.1) is 0 Å². The van der Waals surface area contributed by atoms with E-state index in [1.165, 1.54) is 26.2 Å². The minimum Gasteiger partial charge on any atom is -0.397 e. The number of methoxy groups -OCH3 is 2. The van der Waals surface area contributed by atoms with Crippen molar-refractivity contribution < 1.29 is 17.9 Å².